The van der Waals surface area contributed by atoms with Crippen LogP contribution in [0.2, 0.25) is 0 Å². The Bertz CT molecular complexity index is 440. The van der Waals surface area contributed by atoms with Crippen LogP contribution in [0.3, 0.4) is 0 Å². The van der Waals surface area contributed by atoms with Crippen LogP contribution in [0.5, 0.6) is 11.5 Å². The fourth-order valence-electron chi connectivity index (χ4n) is 2.00. The molecule has 1 aromatic carbocycles. The van der Waals surface area contributed by atoms with E-state index < -0.39 is 0 Å². The molecule has 5 heteroatoms. The fourth-order valence-corrected chi connectivity index (χ4v) is 2.00. The van der Waals surface area contributed by atoms with Crippen molar-refractivity contribution in [2.24, 2.45) is 0 Å². The number of phenols is 2. The number of rotatable bonds is 3. The van der Waals surface area contributed by atoms with E-state index in [-0.39, 0.29) is 17.3 Å². The molecule has 0 amide bonds. The number of carbonyl (C=O) groups excluding carboxylic acids is 1. The van der Waals surface area contributed by atoms with E-state index in [0.717, 1.165) is 26.2 Å². The molecule has 1 aromatic rings. The average molecular weight is 250 g/mol. The molecule has 1 aliphatic heterocycles. The molecule has 0 spiro atoms. The molecule has 0 unspecified atom stereocenters. The molecule has 0 saturated carbocycles. The smallest absolute Gasteiger partial charge is 0.176 e. The second kappa shape index (κ2) is 5.37. The summed E-state index contributed by atoms with van der Waals surface area (Å²) < 4.78 is 0. The summed E-state index contributed by atoms with van der Waals surface area (Å²) in [5.41, 5.74) is 0.434. The number of carbonyl (C=O) groups is 1. The number of phenolic OH excluding ortho intramolecular Hbond substituents is 2. The van der Waals surface area contributed by atoms with E-state index in [2.05, 4.69) is 16.8 Å². The van der Waals surface area contributed by atoms with Crippen LogP contribution < -0.4 is 0 Å². The van der Waals surface area contributed by atoms with Crippen molar-refractivity contribution in [3.8, 4) is 11.5 Å². The summed E-state index contributed by atoms with van der Waals surface area (Å²) in [5, 5.41) is 18.6. The first-order chi connectivity index (χ1) is 8.56. The van der Waals surface area contributed by atoms with Crippen LogP contribution in [-0.2, 0) is 0 Å². The van der Waals surface area contributed by atoms with Crippen molar-refractivity contribution in [2.75, 3.05) is 39.8 Å². The molecule has 0 aliphatic carbocycles. The Kier molecular flexibility index (Phi) is 3.84. The Balaban J connectivity index is 1.97. The lowest BCUT2D eigenvalue weighted by Crippen LogP contribution is -2.46. The Morgan fingerprint density at radius 3 is 2.44 bits per heavy atom. The van der Waals surface area contributed by atoms with E-state index in [0.29, 0.717) is 12.1 Å². The van der Waals surface area contributed by atoms with Gasteiger partial charge in [-0.25, -0.2) is 0 Å². The van der Waals surface area contributed by atoms with Gasteiger partial charge in [0.2, 0.25) is 0 Å². The van der Waals surface area contributed by atoms with Crippen LogP contribution in [0.15, 0.2) is 18.2 Å². The molecule has 2 rings (SSSR count). The number of likely N-dealkylation sites (N-methyl/N-ethyl adjacent to an activating group) is 1. The van der Waals surface area contributed by atoms with Gasteiger partial charge in [0.25, 0.3) is 0 Å². The van der Waals surface area contributed by atoms with Gasteiger partial charge in [-0.05, 0) is 25.2 Å². The number of hydrogen-bond acceptors (Lipinski definition) is 5. The summed E-state index contributed by atoms with van der Waals surface area (Å²) in [6, 6.07) is 4.19. The van der Waals surface area contributed by atoms with Crippen LogP contribution in [-0.4, -0.2) is 65.6 Å². The maximum absolute atomic E-state index is 12.0. The van der Waals surface area contributed by atoms with E-state index in [9.17, 15) is 15.0 Å². The molecule has 1 heterocycles. The van der Waals surface area contributed by atoms with Gasteiger partial charge in [-0.3, -0.25) is 9.69 Å². The Morgan fingerprint density at radius 1 is 1.17 bits per heavy atom. The third-order valence-electron chi connectivity index (χ3n) is 3.26. The maximum atomic E-state index is 12.0. The zero-order valence-corrected chi connectivity index (χ0v) is 10.5. The molecular weight excluding hydrogens is 232 g/mol. The lowest BCUT2D eigenvalue weighted by Gasteiger charge is -2.31. The standard InChI is InChI=1S/C13H18N2O3/c1-14-4-6-15(7-5-14)9-13(18)10-2-3-11(16)12(17)8-10/h2-3,8,16-17H,4-7,9H2,1H3. The van der Waals surface area contributed by atoms with Gasteiger partial charge in [-0.2, -0.15) is 0 Å². The van der Waals surface area contributed by atoms with Gasteiger partial charge in [0.1, 0.15) is 0 Å². The van der Waals surface area contributed by atoms with Crippen molar-refractivity contribution in [3.05, 3.63) is 23.8 Å². The number of piperazine rings is 1. The Labute approximate surface area is 106 Å². The van der Waals surface area contributed by atoms with Crippen LogP contribution in [0, 0.1) is 0 Å². The first-order valence-corrected chi connectivity index (χ1v) is 6.02. The van der Waals surface area contributed by atoms with Crippen LogP contribution >= 0.6 is 0 Å². The van der Waals surface area contributed by atoms with Gasteiger partial charge < -0.3 is 15.1 Å². The van der Waals surface area contributed by atoms with E-state index in [1.165, 1.54) is 18.2 Å². The van der Waals surface area contributed by atoms with Gasteiger partial charge in [0.15, 0.2) is 17.3 Å². The molecule has 5 nitrogen and oxygen atoms in total. The minimum absolute atomic E-state index is 0.0325. The lowest BCUT2D eigenvalue weighted by molar-refractivity contribution is 0.0876. The number of hydrogen-bond donors (Lipinski definition) is 2. The molecule has 98 valence electrons. The highest BCUT2D eigenvalue weighted by atomic mass is 16.3. The van der Waals surface area contributed by atoms with Crippen molar-refractivity contribution in [2.45, 2.75) is 0 Å². The molecule has 0 atom stereocenters. The van der Waals surface area contributed by atoms with Gasteiger partial charge in [0, 0.05) is 31.7 Å². The van der Waals surface area contributed by atoms with Crippen molar-refractivity contribution >= 4 is 5.78 Å². The number of benzene rings is 1. The first kappa shape index (κ1) is 12.9. The van der Waals surface area contributed by atoms with Crippen LogP contribution in [0.4, 0.5) is 0 Å². The second-order valence-corrected chi connectivity index (χ2v) is 4.71. The highest BCUT2D eigenvalue weighted by Crippen LogP contribution is 2.25. The van der Waals surface area contributed by atoms with Crippen LogP contribution in [0.25, 0.3) is 0 Å². The number of nitrogens with zero attached hydrogens (tertiary/aromatic N) is 2. The van der Waals surface area contributed by atoms with Gasteiger partial charge in [0.05, 0.1) is 6.54 Å². The van der Waals surface area contributed by atoms with E-state index in [1.807, 2.05) is 0 Å². The number of aromatic hydroxyl groups is 2. The van der Waals surface area contributed by atoms with Gasteiger partial charge in [-0.1, -0.05) is 0 Å². The average Bonchev–Trinajstić information content (AvgIpc) is 2.35. The normalized spacial score (nSPS) is 17.8. The van der Waals surface area contributed by atoms with Crippen molar-refractivity contribution < 1.29 is 15.0 Å². The molecule has 1 fully saturated rings. The highest BCUT2D eigenvalue weighted by molar-refractivity contribution is 5.98. The molecule has 0 radical (unpaired) electrons. The summed E-state index contributed by atoms with van der Waals surface area (Å²) in [7, 11) is 2.07. The summed E-state index contributed by atoms with van der Waals surface area (Å²) in [6.45, 7) is 4.05. The summed E-state index contributed by atoms with van der Waals surface area (Å²) in [5.74, 6) is -0.486. The summed E-state index contributed by atoms with van der Waals surface area (Å²) in [4.78, 5) is 16.3. The SMILES string of the molecule is CN1CCN(CC(=O)c2ccc(O)c(O)c2)CC1. The molecule has 1 aliphatic rings. The third-order valence-corrected chi connectivity index (χ3v) is 3.26. The molecule has 0 aromatic heterocycles. The minimum atomic E-state index is -0.251. The molecular formula is C13H18N2O3. The zero-order valence-electron chi connectivity index (χ0n) is 10.5. The fraction of sp³-hybridized carbons (Fsp3) is 0.462. The largest absolute Gasteiger partial charge is 0.504 e. The molecule has 1 saturated heterocycles. The zero-order chi connectivity index (χ0) is 13.1. The van der Waals surface area contributed by atoms with Crippen molar-refractivity contribution in [1.82, 2.24) is 9.80 Å². The lowest BCUT2D eigenvalue weighted by atomic mass is 10.1. The second-order valence-electron chi connectivity index (χ2n) is 4.71. The van der Waals surface area contributed by atoms with Gasteiger partial charge in [-0.15, -0.1) is 0 Å². The molecule has 2 N–H and O–H groups in total. The van der Waals surface area contributed by atoms with E-state index in [4.69, 9.17) is 0 Å². The topological polar surface area (TPSA) is 64.0 Å². The third kappa shape index (κ3) is 3.00. The maximum Gasteiger partial charge on any atom is 0.176 e. The first-order valence-electron chi connectivity index (χ1n) is 6.02. The van der Waals surface area contributed by atoms with E-state index in [1.54, 1.807) is 0 Å². The quantitative estimate of drug-likeness (QED) is 0.605. The number of ketones is 1. The van der Waals surface area contributed by atoms with Crippen LogP contribution in [0.1, 0.15) is 10.4 Å². The molecule has 0 bridgehead atoms. The minimum Gasteiger partial charge on any atom is -0.504 e. The monoisotopic (exact) mass is 250 g/mol. The highest BCUT2D eigenvalue weighted by Gasteiger charge is 2.17. The Morgan fingerprint density at radius 2 is 1.83 bits per heavy atom. The predicted molar refractivity (Wildman–Crippen MR) is 68.0 cm³/mol. The Hall–Kier alpha value is -1.59. The van der Waals surface area contributed by atoms with Crippen molar-refractivity contribution in [1.29, 1.82) is 0 Å². The van der Waals surface area contributed by atoms with E-state index >= 15 is 0 Å². The summed E-state index contributed by atoms with van der Waals surface area (Å²) >= 11 is 0. The number of Topliss-reactive ketones (excluding diaryl/α,β-unsaturated/α-hetero) is 1. The predicted octanol–water partition coefficient (Wildman–Crippen LogP) is 0.528. The van der Waals surface area contributed by atoms with Gasteiger partial charge >= 0.3 is 0 Å². The summed E-state index contributed by atoms with van der Waals surface area (Å²) in [6.07, 6.45) is 0. The van der Waals surface area contributed by atoms with Crippen molar-refractivity contribution in [3.63, 3.8) is 0 Å². The molecule has 18 heavy (non-hydrogen) atoms.